The first kappa shape index (κ1) is 16.6. The smallest absolute Gasteiger partial charge is 0.191 e. The highest BCUT2D eigenvalue weighted by molar-refractivity contribution is 8.00. The first-order valence-corrected chi connectivity index (χ1v) is 8.64. The van der Waals surface area contributed by atoms with Crippen molar-refractivity contribution >= 4 is 17.7 Å². The first-order chi connectivity index (χ1) is 9.26. The third-order valence-electron chi connectivity index (χ3n) is 3.53. The Hall–Kier alpha value is -0.420. The van der Waals surface area contributed by atoms with E-state index in [1.54, 1.807) is 0 Å². The molecule has 5 heteroatoms. The van der Waals surface area contributed by atoms with Crippen LogP contribution >= 0.6 is 11.8 Å². The van der Waals surface area contributed by atoms with Crippen LogP contribution in [0.3, 0.4) is 0 Å². The van der Waals surface area contributed by atoms with Crippen molar-refractivity contribution in [1.29, 1.82) is 0 Å². The van der Waals surface area contributed by atoms with Gasteiger partial charge in [0.05, 0.1) is 6.54 Å². The van der Waals surface area contributed by atoms with Gasteiger partial charge >= 0.3 is 0 Å². The van der Waals surface area contributed by atoms with Gasteiger partial charge in [0.1, 0.15) is 0 Å². The van der Waals surface area contributed by atoms with Crippen LogP contribution in [0, 0.1) is 0 Å². The van der Waals surface area contributed by atoms with Gasteiger partial charge in [0.2, 0.25) is 0 Å². The van der Waals surface area contributed by atoms with Crippen molar-refractivity contribution in [1.82, 2.24) is 10.6 Å². The fourth-order valence-corrected chi connectivity index (χ4v) is 2.89. The number of thioether (sulfide) groups is 1. The van der Waals surface area contributed by atoms with E-state index in [1.165, 1.54) is 12.8 Å². The monoisotopic (exact) mass is 287 g/mol. The molecule has 19 heavy (non-hydrogen) atoms. The fraction of sp³-hybridized carbons (Fsp3) is 0.929. The zero-order valence-corrected chi connectivity index (χ0v) is 13.4. The van der Waals surface area contributed by atoms with Gasteiger partial charge in [-0.1, -0.05) is 13.3 Å². The van der Waals surface area contributed by atoms with E-state index < -0.39 is 0 Å². The van der Waals surface area contributed by atoms with Gasteiger partial charge in [-0.3, -0.25) is 4.99 Å². The molecule has 0 saturated carbocycles. The van der Waals surface area contributed by atoms with E-state index >= 15 is 0 Å². The van der Waals surface area contributed by atoms with Gasteiger partial charge in [0.25, 0.3) is 0 Å². The number of hydrogen-bond donors (Lipinski definition) is 2. The van der Waals surface area contributed by atoms with Crippen molar-refractivity contribution in [2.45, 2.75) is 44.3 Å². The molecule has 1 heterocycles. The number of unbranched alkanes of at least 4 members (excludes halogenated alkanes) is 1. The van der Waals surface area contributed by atoms with E-state index in [9.17, 15) is 0 Å². The average Bonchev–Trinajstić information content (AvgIpc) is 2.46. The maximum atomic E-state index is 5.47. The molecule has 0 aromatic carbocycles. The summed E-state index contributed by atoms with van der Waals surface area (Å²) in [7, 11) is 0. The molecular formula is C14H29N3OS. The molecule has 4 nitrogen and oxygen atoms in total. The fourth-order valence-electron chi connectivity index (χ4n) is 2.12. The molecule has 1 saturated heterocycles. The first-order valence-electron chi connectivity index (χ1n) is 7.41. The number of guanidine groups is 1. The van der Waals surface area contributed by atoms with Crippen LogP contribution in [0.5, 0.6) is 0 Å². The average molecular weight is 287 g/mol. The van der Waals surface area contributed by atoms with Crippen LogP contribution in [0.15, 0.2) is 4.99 Å². The minimum atomic E-state index is 0.269. The number of ether oxygens (including phenoxy) is 1. The Morgan fingerprint density at radius 2 is 2.00 bits per heavy atom. The standard InChI is InChI=1S/C14H29N3OS/c1-4-6-9-16-13(15-5-2)17-12-14(19-3)7-10-18-11-8-14/h4-12H2,1-3H3,(H2,15,16,17). The molecule has 0 amide bonds. The number of nitrogens with one attached hydrogen (secondary N) is 2. The third-order valence-corrected chi connectivity index (χ3v) is 4.93. The van der Waals surface area contributed by atoms with Gasteiger partial charge in [-0.2, -0.15) is 11.8 Å². The van der Waals surface area contributed by atoms with Gasteiger partial charge in [-0.15, -0.1) is 0 Å². The zero-order chi connectivity index (χ0) is 14.0. The van der Waals surface area contributed by atoms with Crippen molar-refractivity contribution in [2.75, 3.05) is 39.1 Å². The molecule has 0 radical (unpaired) electrons. The van der Waals surface area contributed by atoms with Crippen molar-refractivity contribution in [3.63, 3.8) is 0 Å². The molecule has 1 aliphatic heterocycles. The lowest BCUT2D eigenvalue weighted by atomic mass is 9.99. The second-order valence-electron chi connectivity index (χ2n) is 4.98. The Morgan fingerprint density at radius 1 is 1.26 bits per heavy atom. The largest absolute Gasteiger partial charge is 0.381 e. The molecule has 0 spiro atoms. The zero-order valence-electron chi connectivity index (χ0n) is 12.6. The van der Waals surface area contributed by atoms with Crippen molar-refractivity contribution in [3.8, 4) is 0 Å². The van der Waals surface area contributed by atoms with Crippen molar-refractivity contribution < 1.29 is 4.74 Å². The van der Waals surface area contributed by atoms with Crippen LogP contribution in [0.25, 0.3) is 0 Å². The predicted octanol–water partition coefficient (Wildman–Crippen LogP) is 2.25. The lowest BCUT2D eigenvalue weighted by Crippen LogP contribution is -2.41. The second-order valence-corrected chi connectivity index (χ2v) is 6.25. The minimum absolute atomic E-state index is 0.269. The molecular weight excluding hydrogens is 258 g/mol. The Morgan fingerprint density at radius 3 is 2.58 bits per heavy atom. The normalized spacial score (nSPS) is 19.2. The number of hydrogen-bond acceptors (Lipinski definition) is 3. The van der Waals surface area contributed by atoms with Crippen molar-refractivity contribution in [3.05, 3.63) is 0 Å². The van der Waals surface area contributed by atoms with E-state index in [0.29, 0.717) is 0 Å². The quantitative estimate of drug-likeness (QED) is 0.428. The van der Waals surface area contributed by atoms with Gasteiger partial charge < -0.3 is 15.4 Å². The Bertz CT molecular complexity index is 265. The highest BCUT2D eigenvalue weighted by Gasteiger charge is 2.31. The Labute approximate surface area is 122 Å². The molecule has 2 N–H and O–H groups in total. The summed E-state index contributed by atoms with van der Waals surface area (Å²) in [5.41, 5.74) is 0. The van der Waals surface area contributed by atoms with Crippen LogP contribution in [0.1, 0.15) is 39.5 Å². The summed E-state index contributed by atoms with van der Waals surface area (Å²) in [6.07, 6.45) is 6.79. The van der Waals surface area contributed by atoms with E-state index in [1.807, 2.05) is 11.8 Å². The summed E-state index contributed by atoms with van der Waals surface area (Å²) in [6.45, 7) is 8.84. The Balaban J connectivity index is 2.51. The number of aliphatic imine (C=N–C) groups is 1. The van der Waals surface area contributed by atoms with Gasteiger partial charge in [0, 0.05) is 31.1 Å². The summed E-state index contributed by atoms with van der Waals surface area (Å²) in [5.74, 6) is 0.955. The van der Waals surface area contributed by atoms with Crippen LogP contribution in [-0.4, -0.2) is 49.8 Å². The highest BCUT2D eigenvalue weighted by Crippen LogP contribution is 2.33. The molecule has 0 aliphatic carbocycles. The molecule has 1 rings (SSSR count). The number of nitrogens with zero attached hydrogens (tertiary/aromatic N) is 1. The van der Waals surface area contributed by atoms with Crippen LogP contribution in [0.4, 0.5) is 0 Å². The SMILES string of the molecule is CCCCNC(=NCC1(SC)CCOCC1)NCC. The molecule has 1 aliphatic rings. The molecule has 0 aromatic heterocycles. The van der Waals surface area contributed by atoms with Crippen LogP contribution in [-0.2, 0) is 4.74 Å². The van der Waals surface area contributed by atoms with Crippen molar-refractivity contribution in [2.24, 2.45) is 4.99 Å². The van der Waals surface area contributed by atoms with Crippen LogP contribution < -0.4 is 10.6 Å². The lowest BCUT2D eigenvalue weighted by Gasteiger charge is -2.34. The van der Waals surface area contributed by atoms with E-state index in [4.69, 9.17) is 9.73 Å². The van der Waals surface area contributed by atoms with E-state index in [-0.39, 0.29) is 4.75 Å². The van der Waals surface area contributed by atoms with Crippen LogP contribution in [0.2, 0.25) is 0 Å². The van der Waals surface area contributed by atoms with E-state index in [0.717, 1.165) is 51.6 Å². The Kier molecular flexibility index (Phi) is 8.30. The highest BCUT2D eigenvalue weighted by atomic mass is 32.2. The summed E-state index contributed by atoms with van der Waals surface area (Å²) in [6, 6.07) is 0. The topological polar surface area (TPSA) is 45.7 Å². The molecule has 1 fully saturated rings. The maximum absolute atomic E-state index is 5.47. The predicted molar refractivity (Wildman–Crippen MR) is 85.2 cm³/mol. The summed E-state index contributed by atoms with van der Waals surface area (Å²) >= 11 is 1.94. The molecule has 0 bridgehead atoms. The maximum Gasteiger partial charge on any atom is 0.191 e. The summed E-state index contributed by atoms with van der Waals surface area (Å²) < 4.78 is 5.74. The molecule has 0 aromatic rings. The molecule has 0 atom stereocenters. The molecule has 0 unspecified atom stereocenters. The second kappa shape index (κ2) is 9.48. The minimum Gasteiger partial charge on any atom is -0.381 e. The third kappa shape index (κ3) is 6.04. The van der Waals surface area contributed by atoms with E-state index in [2.05, 4.69) is 30.7 Å². The van der Waals surface area contributed by atoms with Gasteiger partial charge in [-0.05, 0) is 32.4 Å². The summed E-state index contributed by atoms with van der Waals surface area (Å²) in [5, 5.41) is 6.72. The van der Waals surface area contributed by atoms with Gasteiger partial charge in [0.15, 0.2) is 5.96 Å². The molecule has 112 valence electrons. The lowest BCUT2D eigenvalue weighted by molar-refractivity contribution is 0.0794. The summed E-state index contributed by atoms with van der Waals surface area (Å²) in [4.78, 5) is 4.77. The van der Waals surface area contributed by atoms with Gasteiger partial charge in [-0.25, -0.2) is 0 Å². The number of rotatable bonds is 7.